The molecule has 0 aliphatic heterocycles. The number of rotatable bonds is 9. The summed E-state index contributed by atoms with van der Waals surface area (Å²) in [6.45, 7) is 4.39. The molecule has 0 saturated heterocycles. The van der Waals surface area contributed by atoms with Crippen LogP contribution in [0.3, 0.4) is 0 Å². The van der Waals surface area contributed by atoms with Crippen molar-refractivity contribution < 1.29 is 23.8 Å². The maximum atomic E-state index is 12.1. The predicted molar refractivity (Wildman–Crippen MR) is 106 cm³/mol. The average Bonchev–Trinajstić information content (AvgIpc) is 2.65. The molecule has 6 nitrogen and oxygen atoms in total. The molecule has 1 amide bonds. The van der Waals surface area contributed by atoms with E-state index < -0.39 is 11.9 Å². The Labute approximate surface area is 166 Å². The van der Waals surface area contributed by atoms with E-state index >= 15 is 0 Å². The summed E-state index contributed by atoms with van der Waals surface area (Å²) >= 11 is 3.43. The molecular formula is C20H22BrNO5. The molecule has 0 heterocycles. The standard InChI is InChI=1S/C20H22BrNO5/c1-3-25-17-10-14(16(21)12-18(17)26-4-2)11-20(24)27-13-19(23)22-15-8-6-5-7-9-15/h5-10,12H,3-4,11,13H2,1-2H3,(H,22,23). The smallest absolute Gasteiger partial charge is 0.310 e. The van der Waals surface area contributed by atoms with Crippen LogP contribution in [0.4, 0.5) is 5.69 Å². The molecule has 2 rings (SSSR count). The lowest BCUT2D eigenvalue weighted by molar-refractivity contribution is -0.146. The zero-order valence-corrected chi connectivity index (χ0v) is 16.9. The number of hydrogen-bond acceptors (Lipinski definition) is 5. The van der Waals surface area contributed by atoms with Gasteiger partial charge in [0.05, 0.1) is 19.6 Å². The van der Waals surface area contributed by atoms with Gasteiger partial charge >= 0.3 is 5.97 Å². The van der Waals surface area contributed by atoms with Gasteiger partial charge in [0.15, 0.2) is 18.1 Å². The van der Waals surface area contributed by atoms with Gasteiger partial charge in [0.1, 0.15) is 0 Å². The van der Waals surface area contributed by atoms with Gasteiger partial charge < -0.3 is 19.5 Å². The van der Waals surface area contributed by atoms with Crippen LogP contribution in [-0.4, -0.2) is 31.7 Å². The van der Waals surface area contributed by atoms with Gasteiger partial charge in [-0.2, -0.15) is 0 Å². The normalized spacial score (nSPS) is 10.2. The number of hydrogen-bond donors (Lipinski definition) is 1. The molecule has 0 radical (unpaired) electrons. The number of nitrogens with one attached hydrogen (secondary N) is 1. The Morgan fingerprint density at radius 2 is 1.63 bits per heavy atom. The van der Waals surface area contributed by atoms with Gasteiger partial charge in [0, 0.05) is 10.2 Å². The lowest BCUT2D eigenvalue weighted by atomic mass is 10.1. The molecule has 0 bridgehead atoms. The number of benzene rings is 2. The highest BCUT2D eigenvalue weighted by Gasteiger charge is 2.15. The number of ether oxygens (including phenoxy) is 3. The Morgan fingerprint density at radius 1 is 1.00 bits per heavy atom. The molecular weight excluding hydrogens is 414 g/mol. The fourth-order valence-electron chi connectivity index (χ4n) is 2.32. The highest BCUT2D eigenvalue weighted by Crippen LogP contribution is 2.34. The lowest BCUT2D eigenvalue weighted by Gasteiger charge is -2.14. The molecule has 1 N–H and O–H groups in total. The molecule has 2 aromatic carbocycles. The van der Waals surface area contributed by atoms with Crippen molar-refractivity contribution in [2.75, 3.05) is 25.1 Å². The van der Waals surface area contributed by atoms with Crippen LogP contribution in [-0.2, 0) is 20.7 Å². The summed E-state index contributed by atoms with van der Waals surface area (Å²) in [5.41, 5.74) is 1.34. The molecule has 0 fully saturated rings. The lowest BCUT2D eigenvalue weighted by Crippen LogP contribution is -2.21. The van der Waals surface area contributed by atoms with Gasteiger partial charge in [-0.15, -0.1) is 0 Å². The predicted octanol–water partition coefficient (Wildman–Crippen LogP) is 3.97. The van der Waals surface area contributed by atoms with Gasteiger partial charge in [-0.05, 0) is 43.7 Å². The van der Waals surface area contributed by atoms with Crippen molar-refractivity contribution in [3.63, 3.8) is 0 Å². The van der Waals surface area contributed by atoms with Gasteiger partial charge in [-0.1, -0.05) is 34.1 Å². The van der Waals surface area contributed by atoms with Crippen molar-refractivity contribution in [3.8, 4) is 11.5 Å². The van der Waals surface area contributed by atoms with Crippen LogP contribution in [0, 0.1) is 0 Å². The third-order valence-corrected chi connectivity index (χ3v) is 4.21. The molecule has 7 heteroatoms. The van der Waals surface area contributed by atoms with E-state index in [1.807, 2.05) is 19.9 Å². The van der Waals surface area contributed by atoms with Crippen molar-refractivity contribution in [1.29, 1.82) is 0 Å². The van der Waals surface area contributed by atoms with Crippen LogP contribution in [0.15, 0.2) is 46.9 Å². The Hall–Kier alpha value is -2.54. The molecule has 2 aromatic rings. The summed E-state index contributed by atoms with van der Waals surface area (Å²) in [5.74, 6) is 0.263. The third kappa shape index (κ3) is 6.60. The number of carbonyl (C=O) groups excluding carboxylic acids is 2. The largest absolute Gasteiger partial charge is 0.490 e. The first kappa shape index (κ1) is 20.8. The van der Waals surface area contributed by atoms with E-state index in [-0.39, 0.29) is 13.0 Å². The Balaban J connectivity index is 1.94. The molecule has 27 heavy (non-hydrogen) atoms. The summed E-state index contributed by atoms with van der Waals surface area (Å²) in [7, 11) is 0. The first-order valence-electron chi connectivity index (χ1n) is 8.62. The van der Waals surface area contributed by atoms with Crippen LogP contribution in [0.25, 0.3) is 0 Å². The minimum absolute atomic E-state index is 0.00563. The van der Waals surface area contributed by atoms with Crippen molar-refractivity contribution in [3.05, 3.63) is 52.5 Å². The van der Waals surface area contributed by atoms with Crippen LogP contribution >= 0.6 is 15.9 Å². The number of carbonyl (C=O) groups is 2. The second-order valence-electron chi connectivity index (χ2n) is 5.51. The molecule has 0 atom stereocenters. The Kier molecular flexibility index (Phi) is 8.13. The second-order valence-corrected chi connectivity index (χ2v) is 6.36. The van der Waals surface area contributed by atoms with Crippen LogP contribution < -0.4 is 14.8 Å². The van der Waals surface area contributed by atoms with E-state index in [2.05, 4.69) is 21.2 Å². The first-order chi connectivity index (χ1) is 13.0. The number of para-hydroxylation sites is 1. The van der Waals surface area contributed by atoms with Gasteiger partial charge in [0.2, 0.25) is 0 Å². The van der Waals surface area contributed by atoms with E-state index in [1.54, 1.807) is 36.4 Å². The zero-order valence-electron chi connectivity index (χ0n) is 15.3. The maximum absolute atomic E-state index is 12.1. The molecule has 0 spiro atoms. The maximum Gasteiger partial charge on any atom is 0.310 e. The minimum atomic E-state index is -0.509. The molecule has 0 aromatic heterocycles. The molecule has 0 aliphatic rings. The quantitative estimate of drug-likeness (QED) is 0.603. The number of esters is 1. The number of amides is 1. The zero-order chi connectivity index (χ0) is 19.6. The molecule has 0 aliphatic carbocycles. The summed E-state index contributed by atoms with van der Waals surface area (Å²) in [4.78, 5) is 24.0. The van der Waals surface area contributed by atoms with Gasteiger partial charge in [0.25, 0.3) is 5.91 Å². The summed E-state index contributed by atoms with van der Waals surface area (Å²) < 4.78 is 16.9. The number of halogens is 1. The van der Waals surface area contributed by atoms with Crippen molar-refractivity contribution in [2.24, 2.45) is 0 Å². The van der Waals surface area contributed by atoms with E-state index in [1.165, 1.54) is 0 Å². The summed E-state index contributed by atoms with van der Waals surface area (Å²) in [6.07, 6.45) is 0.00563. The van der Waals surface area contributed by atoms with E-state index in [4.69, 9.17) is 14.2 Å². The fraction of sp³-hybridized carbons (Fsp3) is 0.300. The van der Waals surface area contributed by atoms with Crippen molar-refractivity contribution in [2.45, 2.75) is 20.3 Å². The highest BCUT2D eigenvalue weighted by molar-refractivity contribution is 9.10. The summed E-state index contributed by atoms with van der Waals surface area (Å²) in [5, 5.41) is 2.66. The highest BCUT2D eigenvalue weighted by atomic mass is 79.9. The molecule has 0 unspecified atom stereocenters. The minimum Gasteiger partial charge on any atom is -0.490 e. The second kappa shape index (κ2) is 10.6. The Morgan fingerprint density at radius 3 is 2.26 bits per heavy atom. The fourth-order valence-corrected chi connectivity index (χ4v) is 2.78. The van der Waals surface area contributed by atoms with E-state index in [9.17, 15) is 9.59 Å². The SMILES string of the molecule is CCOc1cc(Br)c(CC(=O)OCC(=O)Nc2ccccc2)cc1OCC. The van der Waals surface area contributed by atoms with Gasteiger partial charge in [-0.25, -0.2) is 0 Å². The van der Waals surface area contributed by atoms with Gasteiger partial charge in [-0.3, -0.25) is 9.59 Å². The van der Waals surface area contributed by atoms with Crippen LogP contribution in [0.5, 0.6) is 11.5 Å². The van der Waals surface area contributed by atoms with E-state index in [0.29, 0.717) is 40.4 Å². The monoisotopic (exact) mass is 435 g/mol. The van der Waals surface area contributed by atoms with E-state index in [0.717, 1.165) is 0 Å². The van der Waals surface area contributed by atoms with Crippen LogP contribution in [0.1, 0.15) is 19.4 Å². The third-order valence-electron chi connectivity index (χ3n) is 3.47. The van der Waals surface area contributed by atoms with Crippen LogP contribution in [0.2, 0.25) is 0 Å². The molecule has 0 saturated carbocycles. The van der Waals surface area contributed by atoms with Crippen molar-refractivity contribution in [1.82, 2.24) is 0 Å². The Bertz CT molecular complexity index is 779. The first-order valence-corrected chi connectivity index (χ1v) is 9.41. The number of anilines is 1. The molecule has 144 valence electrons. The van der Waals surface area contributed by atoms with Crippen molar-refractivity contribution >= 4 is 33.5 Å². The average molecular weight is 436 g/mol. The topological polar surface area (TPSA) is 73.9 Å². The summed E-state index contributed by atoms with van der Waals surface area (Å²) in [6, 6.07) is 12.5.